The van der Waals surface area contributed by atoms with E-state index in [2.05, 4.69) is 10.3 Å². The minimum atomic E-state index is -0.806. The number of likely N-dealkylation sites (tertiary alicyclic amines) is 1. The Morgan fingerprint density at radius 3 is 2.67 bits per heavy atom. The van der Waals surface area contributed by atoms with Crippen LogP contribution >= 0.6 is 0 Å². The van der Waals surface area contributed by atoms with Crippen LogP contribution < -0.4 is 10.2 Å². The Kier molecular flexibility index (Phi) is 7.25. The van der Waals surface area contributed by atoms with Crippen LogP contribution in [0.15, 0.2) is 18.3 Å². The highest BCUT2D eigenvalue weighted by Gasteiger charge is 2.50. The second kappa shape index (κ2) is 9.88. The van der Waals surface area contributed by atoms with Gasteiger partial charge in [-0.25, -0.2) is 4.98 Å². The van der Waals surface area contributed by atoms with Crippen molar-refractivity contribution in [3.63, 3.8) is 0 Å². The molecular formula is C21H30N4O5. The SMILES string of the molecule is O=C(c1cccnc1N1CC[C@H](O)[C@@]2(CCCNC2=O)C1)N1CCCCC1.O=CO. The molecule has 4 heterocycles. The largest absolute Gasteiger partial charge is 0.483 e. The number of aliphatic hydroxyl groups excluding tert-OH is 1. The van der Waals surface area contributed by atoms with Crippen LogP contribution in [0, 0.1) is 5.41 Å². The highest BCUT2D eigenvalue weighted by molar-refractivity contribution is 5.99. The van der Waals surface area contributed by atoms with Crippen molar-refractivity contribution in [1.29, 1.82) is 0 Å². The lowest BCUT2D eigenvalue weighted by Crippen LogP contribution is -2.61. The quantitative estimate of drug-likeness (QED) is 0.609. The monoisotopic (exact) mass is 418 g/mol. The predicted molar refractivity (Wildman–Crippen MR) is 110 cm³/mol. The number of amides is 2. The summed E-state index contributed by atoms with van der Waals surface area (Å²) in [7, 11) is 0. The molecule has 9 nitrogen and oxygen atoms in total. The topological polar surface area (TPSA) is 123 Å². The van der Waals surface area contributed by atoms with Gasteiger partial charge in [-0.1, -0.05) is 0 Å². The molecule has 164 valence electrons. The Balaban J connectivity index is 0.000000806. The van der Waals surface area contributed by atoms with Gasteiger partial charge >= 0.3 is 0 Å². The van der Waals surface area contributed by atoms with Crippen molar-refractivity contribution in [3.8, 4) is 0 Å². The minimum absolute atomic E-state index is 0.0195. The second-order valence-corrected chi connectivity index (χ2v) is 8.07. The number of nitrogens with zero attached hydrogens (tertiary/aromatic N) is 3. The minimum Gasteiger partial charge on any atom is -0.483 e. The van der Waals surface area contributed by atoms with Crippen molar-refractivity contribution in [1.82, 2.24) is 15.2 Å². The van der Waals surface area contributed by atoms with E-state index >= 15 is 0 Å². The molecule has 3 aliphatic heterocycles. The van der Waals surface area contributed by atoms with Gasteiger partial charge in [0.05, 0.1) is 17.1 Å². The van der Waals surface area contributed by atoms with Crippen LogP contribution in [0.4, 0.5) is 5.82 Å². The highest BCUT2D eigenvalue weighted by Crippen LogP contribution is 2.39. The summed E-state index contributed by atoms with van der Waals surface area (Å²) in [5.74, 6) is 0.578. The number of carbonyl (C=O) groups is 3. The third-order valence-electron chi connectivity index (χ3n) is 6.28. The number of carbonyl (C=O) groups excluding carboxylic acids is 2. The lowest BCUT2D eigenvalue weighted by molar-refractivity contribution is -0.142. The van der Waals surface area contributed by atoms with E-state index in [0.717, 1.165) is 32.4 Å². The van der Waals surface area contributed by atoms with Crippen LogP contribution in [-0.2, 0) is 9.59 Å². The first-order valence-electron chi connectivity index (χ1n) is 10.6. The lowest BCUT2D eigenvalue weighted by Gasteiger charge is -2.47. The van der Waals surface area contributed by atoms with Crippen LogP contribution in [0.3, 0.4) is 0 Å². The van der Waals surface area contributed by atoms with E-state index < -0.39 is 11.5 Å². The van der Waals surface area contributed by atoms with Crippen molar-refractivity contribution in [2.75, 3.05) is 37.6 Å². The Morgan fingerprint density at radius 2 is 1.97 bits per heavy atom. The Morgan fingerprint density at radius 1 is 1.23 bits per heavy atom. The number of rotatable bonds is 2. The Labute approximate surface area is 176 Å². The van der Waals surface area contributed by atoms with Crippen molar-refractivity contribution in [3.05, 3.63) is 23.9 Å². The smallest absolute Gasteiger partial charge is 0.290 e. The molecule has 3 fully saturated rings. The number of aromatic nitrogens is 1. The van der Waals surface area contributed by atoms with Crippen molar-refractivity contribution in [2.24, 2.45) is 5.41 Å². The van der Waals surface area contributed by atoms with E-state index in [4.69, 9.17) is 9.90 Å². The summed E-state index contributed by atoms with van der Waals surface area (Å²) in [6.07, 6.45) is 6.32. The number of nitrogens with one attached hydrogen (secondary N) is 1. The maximum atomic E-state index is 13.1. The zero-order valence-corrected chi connectivity index (χ0v) is 17.1. The van der Waals surface area contributed by atoms with Gasteiger partial charge in [0.2, 0.25) is 5.91 Å². The first-order valence-corrected chi connectivity index (χ1v) is 10.6. The van der Waals surface area contributed by atoms with Crippen molar-refractivity contribution in [2.45, 2.75) is 44.6 Å². The molecular weight excluding hydrogens is 388 g/mol. The number of hydrogen-bond donors (Lipinski definition) is 3. The number of piperidine rings is 3. The van der Waals surface area contributed by atoms with Gasteiger partial charge in [0.1, 0.15) is 5.82 Å². The van der Waals surface area contributed by atoms with Gasteiger partial charge in [0.15, 0.2) is 0 Å². The Hall–Kier alpha value is -2.68. The summed E-state index contributed by atoms with van der Waals surface area (Å²) in [4.78, 5) is 42.5. The number of pyridine rings is 1. The molecule has 0 unspecified atom stereocenters. The summed E-state index contributed by atoms with van der Waals surface area (Å²) in [5.41, 5.74) is -0.207. The molecule has 0 aromatic carbocycles. The molecule has 2 amide bonds. The summed E-state index contributed by atoms with van der Waals surface area (Å²) in [6, 6.07) is 3.63. The fourth-order valence-electron chi connectivity index (χ4n) is 4.71. The normalized spacial score (nSPS) is 26.4. The van der Waals surface area contributed by atoms with E-state index in [0.29, 0.717) is 43.9 Å². The molecule has 1 aromatic heterocycles. The molecule has 9 heteroatoms. The number of hydrogen-bond acceptors (Lipinski definition) is 6. The molecule has 4 rings (SSSR count). The molecule has 0 aliphatic carbocycles. The van der Waals surface area contributed by atoms with Crippen LogP contribution in [0.25, 0.3) is 0 Å². The van der Waals surface area contributed by atoms with Gasteiger partial charge in [0.25, 0.3) is 12.4 Å². The zero-order chi connectivity index (χ0) is 21.6. The van der Waals surface area contributed by atoms with Gasteiger partial charge in [-0.05, 0) is 50.7 Å². The highest BCUT2D eigenvalue weighted by atomic mass is 16.3. The average molecular weight is 418 g/mol. The standard InChI is InChI=1S/C20H28N4O3.CH2O2/c25-16-7-13-24(14-20(16)8-5-10-22-19(20)27)17-15(6-4-9-21-17)18(26)23-11-2-1-3-12-23;2-1-3/h4,6,9,16,25H,1-3,5,7-8,10-14H2,(H,22,27);1H,(H,2,3)/t16-,20+;/m0./s1. The first kappa shape index (κ1) is 22.0. The molecule has 2 atom stereocenters. The molecule has 1 spiro atoms. The first-order chi connectivity index (χ1) is 14.5. The number of carboxylic acid groups (broad SMARTS) is 1. The summed E-state index contributed by atoms with van der Waals surface area (Å²) in [6.45, 7) is 2.98. The second-order valence-electron chi connectivity index (χ2n) is 8.07. The molecule has 1 aromatic rings. The van der Waals surface area contributed by atoms with E-state index in [-0.39, 0.29) is 18.3 Å². The maximum absolute atomic E-state index is 13.1. The van der Waals surface area contributed by atoms with Crippen LogP contribution in [0.2, 0.25) is 0 Å². The maximum Gasteiger partial charge on any atom is 0.290 e. The summed E-state index contributed by atoms with van der Waals surface area (Å²) in [5, 5.41) is 20.4. The summed E-state index contributed by atoms with van der Waals surface area (Å²) < 4.78 is 0. The predicted octanol–water partition coefficient (Wildman–Crippen LogP) is 0.876. The van der Waals surface area contributed by atoms with Gasteiger partial charge in [-0.15, -0.1) is 0 Å². The third kappa shape index (κ3) is 4.40. The van der Waals surface area contributed by atoms with Gasteiger partial charge in [-0.3, -0.25) is 14.4 Å². The molecule has 0 saturated carbocycles. The van der Waals surface area contributed by atoms with Crippen molar-refractivity contribution >= 4 is 24.1 Å². The van der Waals surface area contributed by atoms with Gasteiger partial charge in [-0.2, -0.15) is 0 Å². The van der Waals surface area contributed by atoms with Crippen LogP contribution in [0.1, 0.15) is 48.9 Å². The fraction of sp³-hybridized carbons (Fsp3) is 0.619. The van der Waals surface area contributed by atoms with Crippen molar-refractivity contribution < 1.29 is 24.6 Å². The molecule has 3 aliphatic rings. The van der Waals surface area contributed by atoms with E-state index in [1.54, 1.807) is 12.3 Å². The molecule has 3 saturated heterocycles. The molecule has 30 heavy (non-hydrogen) atoms. The number of anilines is 1. The van der Waals surface area contributed by atoms with Gasteiger partial charge < -0.3 is 25.3 Å². The number of aliphatic hydroxyl groups is 1. The molecule has 0 radical (unpaired) electrons. The average Bonchev–Trinajstić information content (AvgIpc) is 2.78. The fourth-order valence-corrected chi connectivity index (χ4v) is 4.71. The van der Waals surface area contributed by atoms with E-state index in [9.17, 15) is 14.7 Å². The zero-order valence-electron chi connectivity index (χ0n) is 17.1. The van der Waals surface area contributed by atoms with E-state index in [1.807, 2.05) is 15.9 Å². The van der Waals surface area contributed by atoms with Crippen LogP contribution in [0.5, 0.6) is 0 Å². The van der Waals surface area contributed by atoms with Gasteiger partial charge in [0, 0.05) is 38.9 Å². The van der Waals surface area contributed by atoms with Crippen LogP contribution in [-0.4, -0.2) is 77.2 Å². The molecule has 0 bridgehead atoms. The Bertz CT molecular complexity index is 768. The van der Waals surface area contributed by atoms with E-state index in [1.165, 1.54) is 6.42 Å². The lowest BCUT2D eigenvalue weighted by atomic mass is 9.71. The molecule has 3 N–H and O–H groups in total. The summed E-state index contributed by atoms with van der Waals surface area (Å²) >= 11 is 0. The third-order valence-corrected chi connectivity index (χ3v) is 6.28.